The molecule has 1 aliphatic heterocycles. The predicted molar refractivity (Wildman–Crippen MR) is 44.1 cm³/mol. The molecule has 0 unspecified atom stereocenters. The Kier molecular flexibility index (Phi) is 1.43. The monoisotopic (exact) mass is 148 g/mol. The number of nitrogens with zero attached hydrogens (tertiary/aromatic N) is 2. The van der Waals surface area contributed by atoms with Gasteiger partial charge in [-0.15, -0.1) is 0 Å². The summed E-state index contributed by atoms with van der Waals surface area (Å²) >= 11 is 0. The minimum Gasteiger partial charge on any atom is -0.296 e. The fraction of sp³-hybridized carbons (Fsp3) is 0.444. The summed E-state index contributed by atoms with van der Waals surface area (Å²) in [7, 11) is 2.13. The van der Waals surface area contributed by atoms with Gasteiger partial charge in [0.25, 0.3) is 0 Å². The van der Waals surface area contributed by atoms with Crippen molar-refractivity contribution < 1.29 is 0 Å². The summed E-state index contributed by atoms with van der Waals surface area (Å²) in [5, 5.41) is 0. The van der Waals surface area contributed by atoms with E-state index in [0.29, 0.717) is 0 Å². The Balaban J connectivity index is 2.49. The van der Waals surface area contributed by atoms with Crippen molar-refractivity contribution in [1.82, 2.24) is 9.88 Å². The number of rotatable bonds is 0. The molecule has 0 aromatic carbocycles. The number of pyridine rings is 1. The van der Waals surface area contributed by atoms with Gasteiger partial charge in [0.2, 0.25) is 0 Å². The van der Waals surface area contributed by atoms with Crippen LogP contribution in [0.15, 0.2) is 12.3 Å². The maximum absolute atomic E-state index is 4.33. The average Bonchev–Trinajstić information content (AvgIpc) is 2.31. The lowest BCUT2D eigenvalue weighted by Crippen LogP contribution is -2.07. The van der Waals surface area contributed by atoms with Crippen LogP contribution in [0.5, 0.6) is 0 Å². The lowest BCUT2D eigenvalue weighted by Gasteiger charge is -2.03. The van der Waals surface area contributed by atoms with E-state index in [0.717, 1.165) is 13.1 Å². The summed E-state index contributed by atoms with van der Waals surface area (Å²) in [6, 6.07) is 2.08. The fourth-order valence-electron chi connectivity index (χ4n) is 1.58. The maximum Gasteiger partial charge on any atom is 0.0591 e. The highest BCUT2D eigenvalue weighted by Crippen LogP contribution is 2.21. The number of fused-ring (bicyclic) bond motifs is 1. The van der Waals surface area contributed by atoms with Crippen LogP contribution >= 0.6 is 0 Å². The van der Waals surface area contributed by atoms with Crippen molar-refractivity contribution in [3.63, 3.8) is 0 Å². The molecule has 0 saturated carbocycles. The topological polar surface area (TPSA) is 16.1 Å². The summed E-state index contributed by atoms with van der Waals surface area (Å²) in [6.07, 6.45) is 1.90. The minimum absolute atomic E-state index is 1.01. The summed E-state index contributed by atoms with van der Waals surface area (Å²) in [6.45, 7) is 4.23. The number of hydrogen-bond acceptors (Lipinski definition) is 2. The van der Waals surface area contributed by atoms with Gasteiger partial charge in [-0.05, 0) is 31.2 Å². The Bertz CT molecular complexity index is 281. The van der Waals surface area contributed by atoms with Crippen molar-refractivity contribution in [1.29, 1.82) is 0 Å². The van der Waals surface area contributed by atoms with Crippen LogP contribution in [0.2, 0.25) is 0 Å². The summed E-state index contributed by atoms with van der Waals surface area (Å²) in [4.78, 5) is 6.61. The zero-order valence-corrected chi connectivity index (χ0v) is 6.96. The first-order valence-corrected chi connectivity index (χ1v) is 3.89. The van der Waals surface area contributed by atoms with E-state index in [4.69, 9.17) is 0 Å². The second-order valence-corrected chi connectivity index (χ2v) is 3.23. The van der Waals surface area contributed by atoms with E-state index in [1.54, 1.807) is 0 Å². The average molecular weight is 148 g/mol. The lowest BCUT2D eigenvalue weighted by molar-refractivity contribution is 0.351. The van der Waals surface area contributed by atoms with E-state index in [9.17, 15) is 0 Å². The number of aromatic nitrogens is 1. The first-order chi connectivity index (χ1) is 5.27. The smallest absolute Gasteiger partial charge is 0.0591 e. The Morgan fingerprint density at radius 1 is 1.45 bits per heavy atom. The normalized spacial score (nSPS) is 16.9. The molecular formula is C9H12N2. The zero-order chi connectivity index (χ0) is 7.84. The van der Waals surface area contributed by atoms with Crippen LogP contribution in [0.25, 0.3) is 0 Å². The van der Waals surface area contributed by atoms with Crippen LogP contribution in [0.3, 0.4) is 0 Å². The minimum atomic E-state index is 1.01. The molecule has 0 atom stereocenters. The largest absolute Gasteiger partial charge is 0.296 e. The SMILES string of the molecule is Cc1ccnc2c1CN(C)C2. The molecule has 2 nitrogen and oxygen atoms in total. The van der Waals surface area contributed by atoms with E-state index >= 15 is 0 Å². The molecule has 58 valence electrons. The summed E-state index contributed by atoms with van der Waals surface area (Å²) in [5.74, 6) is 0. The van der Waals surface area contributed by atoms with Gasteiger partial charge in [0, 0.05) is 19.3 Å². The second-order valence-electron chi connectivity index (χ2n) is 3.23. The molecular weight excluding hydrogens is 136 g/mol. The van der Waals surface area contributed by atoms with Gasteiger partial charge in [0.1, 0.15) is 0 Å². The van der Waals surface area contributed by atoms with E-state index in [2.05, 4.69) is 29.9 Å². The van der Waals surface area contributed by atoms with E-state index in [1.165, 1.54) is 16.8 Å². The highest BCUT2D eigenvalue weighted by atomic mass is 15.1. The lowest BCUT2D eigenvalue weighted by atomic mass is 10.1. The molecule has 1 aliphatic rings. The molecule has 1 aromatic heterocycles. The Hall–Kier alpha value is -0.890. The summed E-state index contributed by atoms with van der Waals surface area (Å²) in [5.41, 5.74) is 4.06. The maximum atomic E-state index is 4.33. The van der Waals surface area contributed by atoms with Crippen LogP contribution in [-0.2, 0) is 13.1 Å². The zero-order valence-electron chi connectivity index (χ0n) is 6.96. The van der Waals surface area contributed by atoms with Crippen LogP contribution in [0.4, 0.5) is 0 Å². The van der Waals surface area contributed by atoms with Crippen molar-refractivity contribution >= 4 is 0 Å². The summed E-state index contributed by atoms with van der Waals surface area (Å²) < 4.78 is 0. The standard InChI is InChI=1S/C9H12N2/c1-7-3-4-10-9-6-11(2)5-8(7)9/h3-4H,5-6H2,1-2H3. The van der Waals surface area contributed by atoms with Gasteiger partial charge in [-0.2, -0.15) is 0 Å². The molecule has 0 radical (unpaired) electrons. The van der Waals surface area contributed by atoms with Gasteiger partial charge in [0.05, 0.1) is 5.69 Å². The quantitative estimate of drug-likeness (QED) is 0.552. The Morgan fingerprint density at radius 2 is 2.27 bits per heavy atom. The van der Waals surface area contributed by atoms with Crippen molar-refractivity contribution in [3.8, 4) is 0 Å². The molecule has 0 spiro atoms. The molecule has 1 aromatic rings. The van der Waals surface area contributed by atoms with Gasteiger partial charge in [-0.1, -0.05) is 0 Å². The molecule has 11 heavy (non-hydrogen) atoms. The highest BCUT2D eigenvalue weighted by molar-refractivity contribution is 5.31. The molecule has 0 aliphatic carbocycles. The fourth-order valence-corrected chi connectivity index (χ4v) is 1.58. The van der Waals surface area contributed by atoms with Gasteiger partial charge in [-0.25, -0.2) is 0 Å². The van der Waals surface area contributed by atoms with Crippen LogP contribution in [-0.4, -0.2) is 16.9 Å². The van der Waals surface area contributed by atoms with Crippen molar-refractivity contribution in [2.75, 3.05) is 7.05 Å². The Labute approximate surface area is 66.9 Å². The molecule has 0 fully saturated rings. The Morgan fingerprint density at radius 3 is 3.00 bits per heavy atom. The van der Waals surface area contributed by atoms with Crippen molar-refractivity contribution in [3.05, 3.63) is 29.1 Å². The van der Waals surface area contributed by atoms with Gasteiger partial charge >= 0.3 is 0 Å². The van der Waals surface area contributed by atoms with Crippen LogP contribution in [0, 0.1) is 6.92 Å². The second kappa shape index (κ2) is 2.31. The third kappa shape index (κ3) is 1.03. The van der Waals surface area contributed by atoms with Gasteiger partial charge < -0.3 is 0 Å². The molecule has 0 saturated heterocycles. The third-order valence-corrected chi connectivity index (χ3v) is 2.23. The molecule has 0 N–H and O–H groups in total. The van der Waals surface area contributed by atoms with Crippen LogP contribution < -0.4 is 0 Å². The van der Waals surface area contributed by atoms with E-state index in [1.807, 2.05) is 6.20 Å². The first kappa shape index (κ1) is 6.80. The predicted octanol–water partition coefficient (Wildman–Crippen LogP) is 1.34. The molecule has 0 amide bonds. The molecule has 2 heteroatoms. The third-order valence-electron chi connectivity index (χ3n) is 2.23. The number of hydrogen-bond donors (Lipinski definition) is 0. The van der Waals surface area contributed by atoms with Gasteiger partial charge in [-0.3, -0.25) is 9.88 Å². The number of aryl methyl sites for hydroxylation is 1. The molecule has 2 heterocycles. The highest BCUT2D eigenvalue weighted by Gasteiger charge is 2.17. The molecule has 2 rings (SSSR count). The van der Waals surface area contributed by atoms with Crippen molar-refractivity contribution in [2.45, 2.75) is 20.0 Å². The van der Waals surface area contributed by atoms with E-state index < -0.39 is 0 Å². The van der Waals surface area contributed by atoms with Crippen LogP contribution in [0.1, 0.15) is 16.8 Å². The molecule has 0 bridgehead atoms. The first-order valence-electron chi connectivity index (χ1n) is 3.89. The van der Waals surface area contributed by atoms with E-state index in [-0.39, 0.29) is 0 Å². The van der Waals surface area contributed by atoms with Crippen molar-refractivity contribution in [2.24, 2.45) is 0 Å². The van der Waals surface area contributed by atoms with Gasteiger partial charge in [0.15, 0.2) is 0 Å².